The summed E-state index contributed by atoms with van der Waals surface area (Å²) in [5.74, 6) is -1.59. The van der Waals surface area contributed by atoms with E-state index in [1.54, 1.807) is 26.1 Å². The van der Waals surface area contributed by atoms with Gasteiger partial charge >= 0.3 is 11.9 Å². The minimum atomic E-state index is -4.01. The van der Waals surface area contributed by atoms with Gasteiger partial charge < -0.3 is 19.4 Å². The highest BCUT2D eigenvalue weighted by Gasteiger charge is 2.40. The van der Waals surface area contributed by atoms with E-state index in [0.717, 1.165) is 4.31 Å². The standard InChI is InChI=1S/C21H25N3O7S/c1-4-31-20(26)14-7-9-15(10-8-14)22-19(25)17-6-5-11-24(17)32(28,29)16-12-18(21(27)30-3)23(2)13-16/h7-10,12-13,17H,4-6,11H2,1-3H3,(H,22,25). The predicted molar refractivity (Wildman–Crippen MR) is 115 cm³/mol. The first kappa shape index (κ1) is 23.5. The molecule has 10 nitrogen and oxygen atoms in total. The molecule has 0 saturated carbocycles. The monoisotopic (exact) mass is 463 g/mol. The molecule has 0 aliphatic carbocycles. The number of benzene rings is 1. The molecule has 11 heteroatoms. The number of aromatic nitrogens is 1. The fourth-order valence-corrected chi connectivity index (χ4v) is 5.27. The van der Waals surface area contributed by atoms with Gasteiger partial charge in [0.25, 0.3) is 0 Å². The fraction of sp³-hybridized carbons (Fsp3) is 0.381. The Morgan fingerprint density at radius 1 is 1.16 bits per heavy atom. The number of nitrogens with zero attached hydrogens (tertiary/aromatic N) is 2. The van der Waals surface area contributed by atoms with E-state index in [2.05, 4.69) is 10.1 Å². The van der Waals surface area contributed by atoms with Gasteiger partial charge in [-0.3, -0.25) is 4.79 Å². The summed E-state index contributed by atoms with van der Waals surface area (Å²) in [6.45, 7) is 2.15. The lowest BCUT2D eigenvalue weighted by Gasteiger charge is -2.23. The van der Waals surface area contributed by atoms with E-state index in [4.69, 9.17) is 4.74 Å². The van der Waals surface area contributed by atoms with Gasteiger partial charge in [-0.2, -0.15) is 4.31 Å². The molecule has 0 bridgehead atoms. The average molecular weight is 464 g/mol. The summed E-state index contributed by atoms with van der Waals surface area (Å²) in [5, 5.41) is 2.70. The molecule has 0 spiro atoms. The number of esters is 2. The van der Waals surface area contributed by atoms with E-state index in [1.165, 1.54) is 36.1 Å². The predicted octanol–water partition coefficient (Wildman–Crippen LogP) is 1.78. The van der Waals surface area contributed by atoms with Gasteiger partial charge in [0.2, 0.25) is 15.9 Å². The molecule has 3 rings (SSSR count). The molecule has 1 saturated heterocycles. The number of methoxy groups -OCH3 is 1. The number of aryl methyl sites for hydroxylation is 1. The van der Waals surface area contributed by atoms with Crippen LogP contribution < -0.4 is 5.32 Å². The van der Waals surface area contributed by atoms with Gasteiger partial charge in [0.15, 0.2) is 0 Å². The van der Waals surface area contributed by atoms with Crippen molar-refractivity contribution in [2.45, 2.75) is 30.7 Å². The molecule has 1 aliphatic heterocycles. The van der Waals surface area contributed by atoms with E-state index in [1.807, 2.05) is 0 Å². The molecule has 1 N–H and O–H groups in total. The minimum Gasteiger partial charge on any atom is -0.464 e. The number of carbonyl (C=O) groups is 3. The highest BCUT2D eigenvalue weighted by molar-refractivity contribution is 7.89. The molecule has 0 radical (unpaired) electrons. The van der Waals surface area contributed by atoms with Crippen LogP contribution in [0, 0.1) is 0 Å². The van der Waals surface area contributed by atoms with Gasteiger partial charge in [-0.15, -0.1) is 0 Å². The van der Waals surface area contributed by atoms with Gasteiger partial charge in [0.1, 0.15) is 16.6 Å². The van der Waals surface area contributed by atoms with E-state index in [9.17, 15) is 22.8 Å². The minimum absolute atomic E-state index is 0.0844. The van der Waals surface area contributed by atoms with Crippen LogP contribution >= 0.6 is 0 Å². The second-order valence-electron chi connectivity index (χ2n) is 7.22. The van der Waals surface area contributed by atoms with Crippen LogP contribution in [0.15, 0.2) is 41.4 Å². The summed E-state index contributed by atoms with van der Waals surface area (Å²) >= 11 is 0. The Kier molecular flexibility index (Phi) is 6.99. The smallest absolute Gasteiger partial charge is 0.354 e. The third-order valence-corrected chi connectivity index (χ3v) is 7.02. The van der Waals surface area contributed by atoms with Gasteiger partial charge in [-0.1, -0.05) is 0 Å². The number of amides is 1. The molecular weight excluding hydrogens is 438 g/mol. The Bertz CT molecular complexity index is 1120. The van der Waals surface area contributed by atoms with Crippen molar-refractivity contribution in [3.63, 3.8) is 0 Å². The van der Waals surface area contributed by atoms with Crippen molar-refractivity contribution in [3.8, 4) is 0 Å². The Hall–Kier alpha value is -3.18. The number of nitrogens with one attached hydrogen (secondary N) is 1. The number of rotatable bonds is 7. The van der Waals surface area contributed by atoms with Crippen molar-refractivity contribution < 1.29 is 32.3 Å². The SMILES string of the molecule is CCOC(=O)c1ccc(NC(=O)C2CCCN2S(=O)(=O)c2cc(C(=O)OC)n(C)c2)cc1. The van der Waals surface area contributed by atoms with Crippen LogP contribution in [0.1, 0.15) is 40.6 Å². The summed E-state index contributed by atoms with van der Waals surface area (Å²) in [6, 6.07) is 6.49. The number of hydrogen-bond donors (Lipinski definition) is 1. The molecule has 172 valence electrons. The highest BCUT2D eigenvalue weighted by atomic mass is 32.2. The van der Waals surface area contributed by atoms with Crippen molar-refractivity contribution in [2.24, 2.45) is 7.05 Å². The van der Waals surface area contributed by atoms with Crippen LogP contribution in [-0.2, 0) is 31.3 Å². The van der Waals surface area contributed by atoms with Crippen molar-refractivity contribution in [1.82, 2.24) is 8.87 Å². The van der Waals surface area contributed by atoms with Crippen LogP contribution in [0.4, 0.5) is 5.69 Å². The zero-order valence-electron chi connectivity index (χ0n) is 18.0. The summed E-state index contributed by atoms with van der Waals surface area (Å²) in [7, 11) is -1.26. The second kappa shape index (κ2) is 9.53. The molecule has 1 unspecified atom stereocenters. The number of ether oxygens (including phenoxy) is 2. The first-order chi connectivity index (χ1) is 15.2. The molecular formula is C21H25N3O7S. The first-order valence-electron chi connectivity index (χ1n) is 10.0. The lowest BCUT2D eigenvalue weighted by atomic mass is 10.2. The topological polar surface area (TPSA) is 124 Å². The molecule has 32 heavy (non-hydrogen) atoms. The van der Waals surface area contributed by atoms with Gasteiger partial charge in [0, 0.05) is 25.5 Å². The molecule has 1 aromatic carbocycles. The second-order valence-corrected chi connectivity index (χ2v) is 9.11. The summed E-state index contributed by atoms with van der Waals surface area (Å²) in [6.07, 6.45) is 2.21. The van der Waals surface area contributed by atoms with Crippen molar-refractivity contribution in [1.29, 1.82) is 0 Å². The third kappa shape index (κ3) is 4.68. The molecule has 1 fully saturated rings. The number of anilines is 1. The van der Waals surface area contributed by atoms with Crippen LogP contribution in [0.5, 0.6) is 0 Å². The molecule has 1 aromatic heterocycles. The van der Waals surface area contributed by atoms with E-state index < -0.39 is 33.9 Å². The number of carbonyl (C=O) groups excluding carboxylic acids is 3. The average Bonchev–Trinajstić information content (AvgIpc) is 3.42. The number of hydrogen-bond acceptors (Lipinski definition) is 7. The zero-order chi connectivity index (χ0) is 23.5. The number of sulfonamides is 1. The fourth-order valence-electron chi connectivity index (χ4n) is 3.54. The van der Waals surface area contributed by atoms with Crippen LogP contribution in [-0.4, -0.2) is 61.4 Å². The molecule has 1 atom stereocenters. The normalized spacial score (nSPS) is 16.5. The van der Waals surface area contributed by atoms with E-state index in [-0.39, 0.29) is 23.7 Å². The van der Waals surface area contributed by atoms with Crippen LogP contribution in [0.25, 0.3) is 0 Å². The third-order valence-electron chi connectivity index (χ3n) is 5.15. The Labute approximate surface area is 186 Å². The van der Waals surface area contributed by atoms with Crippen LogP contribution in [0.2, 0.25) is 0 Å². The lowest BCUT2D eigenvalue weighted by molar-refractivity contribution is -0.119. The molecule has 2 aromatic rings. The van der Waals surface area contributed by atoms with Gasteiger partial charge in [0.05, 0.1) is 19.3 Å². The maximum absolute atomic E-state index is 13.2. The molecule has 1 aliphatic rings. The Morgan fingerprint density at radius 3 is 2.47 bits per heavy atom. The summed E-state index contributed by atoms with van der Waals surface area (Å²) in [5.41, 5.74) is 0.869. The van der Waals surface area contributed by atoms with E-state index in [0.29, 0.717) is 24.1 Å². The maximum atomic E-state index is 13.2. The summed E-state index contributed by atoms with van der Waals surface area (Å²) in [4.78, 5) is 36.4. The van der Waals surface area contributed by atoms with Crippen LogP contribution in [0.3, 0.4) is 0 Å². The molecule has 1 amide bonds. The quantitative estimate of drug-likeness (QED) is 0.621. The van der Waals surface area contributed by atoms with Gasteiger partial charge in [-0.05, 0) is 50.1 Å². The molecule has 2 heterocycles. The van der Waals surface area contributed by atoms with Crippen molar-refractivity contribution in [3.05, 3.63) is 47.8 Å². The maximum Gasteiger partial charge on any atom is 0.354 e. The first-order valence-corrected chi connectivity index (χ1v) is 11.5. The van der Waals surface area contributed by atoms with Crippen molar-refractivity contribution in [2.75, 3.05) is 25.6 Å². The Balaban J connectivity index is 1.76. The summed E-state index contributed by atoms with van der Waals surface area (Å²) < 4.78 is 38.5. The largest absolute Gasteiger partial charge is 0.464 e. The van der Waals surface area contributed by atoms with E-state index >= 15 is 0 Å². The zero-order valence-corrected chi connectivity index (χ0v) is 18.8. The van der Waals surface area contributed by atoms with Gasteiger partial charge in [-0.25, -0.2) is 18.0 Å². The van der Waals surface area contributed by atoms with Crippen molar-refractivity contribution >= 4 is 33.6 Å². The Morgan fingerprint density at radius 2 is 1.84 bits per heavy atom. The lowest BCUT2D eigenvalue weighted by Crippen LogP contribution is -2.43. The highest BCUT2D eigenvalue weighted by Crippen LogP contribution is 2.28.